The summed E-state index contributed by atoms with van der Waals surface area (Å²) in [5, 5.41) is 0.708. The number of carbonyl (C=O) groups is 1. The van der Waals surface area contributed by atoms with E-state index in [0.29, 0.717) is 5.02 Å². The molecule has 86 valence electrons. The number of hydrogen-bond acceptors (Lipinski definition) is 2. The summed E-state index contributed by atoms with van der Waals surface area (Å²) in [6, 6.07) is 5.46. The predicted octanol–water partition coefficient (Wildman–Crippen LogP) is 4.43. The highest BCUT2D eigenvalue weighted by atomic mass is 35.5. The van der Waals surface area contributed by atoms with Crippen LogP contribution < -0.4 is 0 Å². The summed E-state index contributed by atoms with van der Waals surface area (Å²) in [5.41, 5.74) is 0.757. The van der Waals surface area contributed by atoms with E-state index in [-0.39, 0.29) is 0 Å². The first kappa shape index (κ1) is 12.0. The Labute approximate surface area is 106 Å². The Morgan fingerprint density at radius 2 is 2.12 bits per heavy atom. The molecule has 1 fully saturated rings. The largest absolute Gasteiger partial charge is 0.298 e. The first-order valence-corrected chi connectivity index (χ1v) is 7.03. The summed E-state index contributed by atoms with van der Waals surface area (Å²) in [6.07, 6.45) is 6.31. The predicted molar refractivity (Wildman–Crippen MR) is 69.5 cm³/mol. The summed E-state index contributed by atoms with van der Waals surface area (Å²) in [5.74, 6) is 1.93. The Balaban J connectivity index is 2.01. The lowest BCUT2D eigenvalue weighted by atomic mass is 10.1. The van der Waals surface area contributed by atoms with Crippen molar-refractivity contribution in [3.63, 3.8) is 0 Å². The van der Waals surface area contributed by atoms with Crippen molar-refractivity contribution in [2.24, 2.45) is 5.92 Å². The number of halogens is 1. The number of rotatable bonds is 4. The fourth-order valence-corrected chi connectivity index (χ4v) is 3.59. The molecule has 0 aliphatic heterocycles. The van der Waals surface area contributed by atoms with Crippen LogP contribution in [0.3, 0.4) is 0 Å². The Hall–Kier alpha value is -0.470. The van der Waals surface area contributed by atoms with E-state index in [9.17, 15) is 4.79 Å². The quantitative estimate of drug-likeness (QED) is 0.584. The Morgan fingerprint density at radius 3 is 2.81 bits per heavy atom. The van der Waals surface area contributed by atoms with Crippen LogP contribution in [-0.4, -0.2) is 12.0 Å². The molecular formula is C13H15ClOS. The van der Waals surface area contributed by atoms with Crippen molar-refractivity contribution in [2.75, 3.05) is 5.75 Å². The second-order valence-electron chi connectivity index (χ2n) is 4.26. The van der Waals surface area contributed by atoms with Gasteiger partial charge >= 0.3 is 0 Å². The van der Waals surface area contributed by atoms with Gasteiger partial charge in [-0.1, -0.05) is 24.4 Å². The normalized spacial score (nSPS) is 16.6. The number of aldehydes is 1. The first-order valence-electron chi connectivity index (χ1n) is 5.67. The van der Waals surface area contributed by atoms with E-state index >= 15 is 0 Å². The third-order valence-corrected chi connectivity index (χ3v) is 4.59. The third kappa shape index (κ3) is 3.02. The van der Waals surface area contributed by atoms with Gasteiger partial charge in [-0.2, -0.15) is 0 Å². The van der Waals surface area contributed by atoms with Gasteiger partial charge in [0.05, 0.1) is 0 Å². The van der Waals surface area contributed by atoms with Gasteiger partial charge in [0.25, 0.3) is 0 Å². The monoisotopic (exact) mass is 254 g/mol. The second-order valence-corrected chi connectivity index (χ2v) is 5.76. The molecule has 2 rings (SSSR count). The molecule has 0 radical (unpaired) electrons. The highest BCUT2D eigenvalue weighted by Crippen LogP contribution is 2.32. The molecule has 0 aromatic heterocycles. The van der Waals surface area contributed by atoms with Gasteiger partial charge in [0.1, 0.15) is 0 Å². The lowest BCUT2D eigenvalue weighted by Crippen LogP contribution is -1.97. The number of hydrogen-bond donors (Lipinski definition) is 0. The van der Waals surface area contributed by atoms with Gasteiger partial charge < -0.3 is 0 Å². The van der Waals surface area contributed by atoms with Crippen molar-refractivity contribution in [1.82, 2.24) is 0 Å². The van der Waals surface area contributed by atoms with E-state index in [2.05, 4.69) is 0 Å². The van der Waals surface area contributed by atoms with Gasteiger partial charge in [-0.3, -0.25) is 4.79 Å². The average molecular weight is 255 g/mol. The maximum absolute atomic E-state index is 10.9. The van der Waals surface area contributed by atoms with Gasteiger partial charge in [0.15, 0.2) is 6.29 Å². The maximum Gasteiger partial charge on any atom is 0.151 e. The summed E-state index contributed by atoms with van der Waals surface area (Å²) < 4.78 is 0. The van der Waals surface area contributed by atoms with Crippen molar-refractivity contribution < 1.29 is 4.79 Å². The minimum Gasteiger partial charge on any atom is -0.298 e. The molecular weight excluding hydrogens is 240 g/mol. The van der Waals surface area contributed by atoms with E-state index in [1.54, 1.807) is 23.9 Å². The molecule has 1 aliphatic rings. The van der Waals surface area contributed by atoms with E-state index in [1.165, 1.54) is 25.7 Å². The molecule has 0 amide bonds. The molecule has 0 unspecified atom stereocenters. The third-order valence-electron chi connectivity index (χ3n) is 3.05. The zero-order valence-corrected chi connectivity index (χ0v) is 10.7. The minimum absolute atomic E-state index is 0.708. The van der Waals surface area contributed by atoms with Crippen LogP contribution in [0.25, 0.3) is 0 Å². The minimum atomic E-state index is 0.708. The topological polar surface area (TPSA) is 17.1 Å². The van der Waals surface area contributed by atoms with Crippen molar-refractivity contribution in [2.45, 2.75) is 30.6 Å². The van der Waals surface area contributed by atoms with E-state index in [0.717, 1.165) is 28.4 Å². The number of carbonyl (C=O) groups excluding carboxylic acids is 1. The molecule has 0 bridgehead atoms. The molecule has 1 saturated carbocycles. The van der Waals surface area contributed by atoms with Gasteiger partial charge in [-0.15, -0.1) is 11.8 Å². The number of benzene rings is 1. The molecule has 16 heavy (non-hydrogen) atoms. The molecule has 1 nitrogen and oxygen atoms in total. The Kier molecular flexibility index (Phi) is 4.30. The molecule has 0 saturated heterocycles. The van der Waals surface area contributed by atoms with Crippen molar-refractivity contribution in [3.05, 3.63) is 28.8 Å². The van der Waals surface area contributed by atoms with Crippen LogP contribution in [0.1, 0.15) is 36.0 Å². The Morgan fingerprint density at radius 1 is 1.38 bits per heavy atom. The maximum atomic E-state index is 10.9. The molecule has 0 N–H and O–H groups in total. The highest BCUT2D eigenvalue weighted by Gasteiger charge is 2.15. The molecule has 0 atom stereocenters. The first-order chi connectivity index (χ1) is 7.79. The van der Waals surface area contributed by atoms with Crippen LogP contribution in [0, 0.1) is 5.92 Å². The molecule has 1 aliphatic carbocycles. The van der Waals surface area contributed by atoms with Crippen molar-refractivity contribution in [1.29, 1.82) is 0 Å². The van der Waals surface area contributed by atoms with Gasteiger partial charge in [0, 0.05) is 21.2 Å². The number of thioether (sulfide) groups is 1. The van der Waals surface area contributed by atoms with E-state index in [4.69, 9.17) is 11.6 Å². The highest BCUT2D eigenvalue weighted by molar-refractivity contribution is 7.99. The summed E-state index contributed by atoms with van der Waals surface area (Å²) >= 11 is 7.71. The molecule has 0 spiro atoms. The molecule has 3 heteroatoms. The van der Waals surface area contributed by atoms with Crippen LogP contribution in [0.15, 0.2) is 23.1 Å². The lowest BCUT2D eigenvalue weighted by molar-refractivity contribution is 0.112. The smallest absolute Gasteiger partial charge is 0.151 e. The summed E-state index contributed by atoms with van der Waals surface area (Å²) in [4.78, 5) is 11.9. The van der Waals surface area contributed by atoms with Gasteiger partial charge in [-0.25, -0.2) is 0 Å². The van der Waals surface area contributed by atoms with Crippen LogP contribution >= 0.6 is 23.4 Å². The average Bonchev–Trinajstić information content (AvgIpc) is 2.79. The van der Waals surface area contributed by atoms with Crippen LogP contribution in [0.4, 0.5) is 0 Å². The van der Waals surface area contributed by atoms with Gasteiger partial charge in [-0.05, 0) is 37.0 Å². The summed E-state index contributed by atoms with van der Waals surface area (Å²) in [7, 11) is 0. The Bertz CT molecular complexity index is 372. The van der Waals surface area contributed by atoms with Crippen LogP contribution in [0.2, 0.25) is 5.02 Å². The second kappa shape index (κ2) is 5.74. The van der Waals surface area contributed by atoms with E-state index < -0.39 is 0 Å². The van der Waals surface area contributed by atoms with E-state index in [1.807, 2.05) is 6.07 Å². The fourth-order valence-electron chi connectivity index (χ4n) is 2.12. The molecule has 0 heterocycles. The van der Waals surface area contributed by atoms with Crippen LogP contribution in [0.5, 0.6) is 0 Å². The molecule has 1 aromatic carbocycles. The lowest BCUT2D eigenvalue weighted by Gasteiger charge is -2.09. The zero-order chi connectivity index (χ0) is 11.4. The molecule has 1 aromatic rings. The SMILES string of the molecule is O=Cc1ccc(Cl)cc1SCC1CCCC1. The standard InChI is InChI=1S/C13H15ClOS/c14-12-6-5-11(8-15)13(7-12)16-9-10-3-1-2-4-10/h5-8,10H,1-4,9H2. The fraction of sp³-hybridized carbons (Fsp3) is 0.462. The zero-order valence-electron chi connectivity index (χ0n) is 9.12. The van der Waals surface area contributed by atoms with Crippen molar-refractivity contribution in [3.8, 4) is 0 Å². The van der Waals surface area contributed by atoms with Crippen molar-refractivity contribution >= 4 is 29.6 Å². The summed E-state index contributed by atoms with van der Waals surface area (Å²) in [6.45, 7) is 0. The van der Waals surface area contributed by atoms with Gasteiger partial charge in [0.2, 0.25) is 0 Å². The van der Waals surface area contributed by atoms with Crippen LogP contribution in [-0.2, 0) is 0 Å².